The quantitative estimate of drug-likeness (QED) is 0.244. The van der Waals surface area contributed by atoms with Gasteiger partial charge in [-0.05, 0) is 68.2 Å². The van der Waals surface area contributed by atoms with Gasteiger partial charge in [-0.15, -0.1) is 0 Å². The Labute approximate surface area is 222 Å². The first-order valence-corrected chi connectivity index (χ1v) is 13.3. The summed E-state index contributed by atoms with van der Waals surface area (Å²) in [6.45, 7) is 9.68. The van der Waals surface area contributed by atoms with Crippen LogP contribution >= 0.6 is 0 Å². The first-order chi connectivity index (χ1) is 18.0. The first-order valence-electron chi connectivity index (χ1n) is 13.3. The van der Waals surface area contributed by atoms with Gasteiger partial charge in [-0.3, -0.25) is 4.79 Å². The maximum Gasteiger partial charge on any atom is 0.225 e. The maximum absolute atomic E-state index is 12.9. The number of carbonyl (C=O) groups is 1. The molecule has 0 heterocycles. The van der Waals surface area contributed by atoms with Crippen LogP contribution in [0.15, 0.2) is 30.3 Å². The molecule has 37 heavy (non-hydrogen) atoms. The lowest BCUT2D eigenvalue weighted by Crippen LogP contribution is -2.30. The summed E-state index contributed by atoms with van der Waals surface area (Å²) in [7, 11) is 4.78. The number of hydrogen-bond acceptors (Lipinski definition) is 6. The van der Waals surface area contributed by atoms with Crippen molar-refractivity contribution in [3.63, 3.8) is 0 Å². The van der Waals surface area contributed by atoms with E-state index in [2.05, 4.69) is 24.1 Å². The monoisotopic (exact) mass is 512 g/mol. The zero-order valence-corrected chi connectivity index (χ0v) is 23.4. The molecule has 0 atom stereocenters. The normalized spacial score (nSPS) is 11.1. The Balaban J connectivity index is 2.17. The molecule has 0 aliphatic heterocycles. The number of rotatable bonds is 17. The van der Waals surface area contributed by atoms with Crippen molar-refractivity contribution < 1.29 is 23.7 Å². The zero-order chi connectivity index (χ0) is 27.0. The average Bonchev–Trinajstić information content (AvgIpc) is 2.92. The first kappa shape index (κ1) is 30.0. The van der Waals surface area contributed by atoms with Crippen LogP contribution in [0.2, 0.25) is 0 Å². The molecule has 2 rings (SSSR count). The molecule has 7 nitrogen and oxygen atoms in total. The summed E-state index contributed by atoms with van der Waals surface area (Å²) in [5.41, 5.74) is 2.50. The summed E-state index contributed by atoms with van der Waals surface area (Å²) < 4.78 is 22.1. The van der Waals surface area contributed by atoms with E-state index in [0.29, 0.717) is 41.7 Å². The van der Waals surface area contributed by atoms with Gasteiger partial charge in [0.2, 0.25) is 11.7 Å². The number of carbonyl (C=O) groups excluding carboxylic acids is 1. The van der Waals surface area contributed by atoms with E-state index in [1.807, 2.05) is 49.4 Å². The predicted octanol–water partition coefficient (Wildman–Crippen LogP) is 6.51. The minimum atomic E-state index is -0.00953. The Morgan fingerprint density at radius 2 is 1.43 bits per heavy atom. The maximum atomic E-state index is 12.9. The zero-order valence-electron chi connectivity index (χ0n) is 23.4. The van der Waals surface area contributed by atoms with E-state index in [0.717, 1.165) is 56.4 Å². The summed E-state index contributed by atoms with van der Waals surface area (Å²) >= 11 is 0. The summed E-state index contributed by atoms with van der Waals surface area (Å²) in [6, 6.07) is 9.56. The number of benzene rings is 2. The molecule has 0 bridgehead atoms. The minimum Gasteiger partial charge on any atom is -0.493 e. The van der Waals surface area contributed by atoms with Crippen LogP contribution in [-0.2, 0) is 4.79 Å². The number of ether oxygens (including phenoxy) is 4. The number of unbranched alkanes of at least 4 members (excludes halogenated alkanes) is 2. The summed E-state index contributed by atoms with van der Waals surface area (Å²) in [4.78, 5) is 15.3. The van der Waals surface area contributed by atoms with Crippen LogP contribution < -0.4 is 24.3 Å². The van der Waals surface area contributed by atoms with Gasteiger partial charge >= 0.3 is 0 Å². The van der Waals surface area contributed by atoms with Crippen LogP contribution in [0, 0.1) is 0 Å². The summed E-state index contributed by atoms with van der Waals surface area (Å²) in [6.07, 6.45) is 9.01. The Hall–Kier alpha value is -3.19. The van der Waals surface area contributed by atoms with Gasteiger partial charge in [0.05, 0.1) is 33.6 Å². The number of nitrogens with zero attached hydrogens (tertiary/aromatic N) is 1. The minimum absolute atomic E-state index is 0.00953. The van der Waals surface area contributed by atoms with Crippen LogP contribution in [0.25, 0.3) is 12.2 Å². The molecule has 0 saturated carbocycles. The van der Waals surface area contributed by atoms with E-state index in [-0.39, 0.29) is 5.91 Å². The molecule has 0 radical (unpaired) electrons. The molecule has 0 unspecified atom stereocenters. The molecule has 1 N–H and O–H groups in total. The molecular weight excluding hydrogens is 468 g/mol. The summed E-state index contributed by atoms with van der Waals surface area (Å²) in [5, 5.41) is 3.07. The average molecular weight is 513 g/mol. The molecule has 0 spiro atoms. The van der Waals surface area contributed by atoms with E-state index in [4.69, 9.17) is 18.9 Å². The topological polar surface area (TPSA) is 69.3 Å². The van der Waals surface area contributed by atoms with E-state index in [9.17, 15) is 4.79 Å². The number of amides is 1. The summed E-state index contributed by atoms with van der Waals surface area (Å²) in [5.74, 6) is 2.39. The lowest BCUT2D eigenvalue weighted by atomic mass is 10.1. The standard InChI is InChI=1S/C30H44N2O5/c1-7-10-17-32(18-11-8-2)19-16-29(33)31-25-20-23(14-15-26(25)37-9-3)12-13-24-21-27(34-4)30(36-6)28(22-24)35-5/h12-15,20-22H,7-11,16-19H2,1-6H3,(H,31,33)/b13-12-. The Bertz CT molecular complexity index is 972. The molecule has 7 heteroatoms. The van der Waals surface area contributed by atoms with Crippen molar-refractivity contribution in [2.24, 2.45) is 0 Å². The molecule has 0 aromatic heterocycles. The fourth-order valence-corrected chi connectivity index (χ4v) is 3.99. The Morgan fingerprint density at radius 3 is 1.97 bits per heavy atom. The molecule has 1 amide bonds. The van der Waals surface area contributed by atoms with Crippen molar-refractivity contribution in [3.8, 4) is 23.0 Å². The largest absolute Gasteiger partial charge is 0.493 e. The molecule has 0 fully saturated rings. The van der Waals surface area contributed by atoms with Crippen molar-refractivity contribution >= 4 is 23.7 Å². The highest BCUT2D eigenvalue weighted by molar-refractivity contribution is 5.93. The number of nitrogens with one attached hydrogen (secondary N) is 1. The van der Waals surface area contributed by atoms with Gasteiger partial charge in [-0.2, -0.15) is 0 Å². The van der Waals surface area contributed by atoms with Gasteiger partial charge in [0.15, 0.2) is 11.5 Å². The van der Waals surface area contributed by atoms with Crippen LogP contribution in [0.1, 0.15) is 64.0 Å². The van der Waals surface area contributed by atoms with E-state index >= 15 is 0 Å². The van der Waals surface area contributed by atoms with Crippen LogP contribution in [0.4, 0.5) is 5.69 Å². The predicted molar refractivity (Wildman–Crippen MR) is 152 cm³/mol. The molecule has 0 aliphatic carbocycles. The van der Waals surface area contributed by atoms with Crippen molar-refractivity contribution in [2.45, 2.75) is 52.9 Å². The second-order valence-corrected chi connectivity index (χ2v) is 8.83. The molecule has 204 valence electrons. The molecule has 2 aromatic carbocycles. The third kappa shape index (κ3) is 9.65. The third-order valence-electron chi connectivity index (χ3n) is 6.04. The smallest absolute Gasteiger partial charge is 0.225 e. The molecular formula is C30H44N2O5. The third-order valence-corrected chi connectivity index (χ3v) is 6.04. The number of hydrogen-bond donors (Lipinski definition) is 1. The van der Waals surface area contributed by atoms with Gasteiger partial charge in [0, 0.05) is 13.0 Å². The van der Waals surface area contributed by atoms with E-state index < -0.39 is 0 Å². The second-order valence-electron chi connectivity index (χ2n) is 8.83. The molecule has 0 saturated heterocycles. The van der Waals surface area contributed by atoms with Gasteiger partial charge in [-0.1, -0.05) is 44.9 Å². The van der Waals surface area contributed by atoms with Gasteiger partial charge in [0.1, 0.15) is 5.75 Å². The highest BCUT2D eigenvalue weighted by Crippen LogP contribution is 2.38. The van der Waals surface area contributed by atoms with Crippen molar-refractivity contribution in [3.05, 3.63) is 41.5 Å². The van der Waals surface area contributed by atoms with Gasteiger partial charge in [0.25, 0.3) is 0 Å². The van der Waals surface area contributed by atoms with Gasteiger partial charge < -0.3 is 29.2 Å². The van der Waals surface area contributed by atoms with E-state index in [1.54, 1.807) is 21.3 Å². The second kappa shape index (κ2) is 16.5. The van der Waals surface area contributed by atoms with Gasteiger partial charge in [-0.25, -0.2) is 0 Å². The SMILES string of the molecule is CCCCN(CCCC)CCC(=O)Nc1cc(/C=C\c2cc(OC)c(OC)c(OC)c2)ccc1OCC. The fourth-order valence-electron chi connectivity index (χ4n) is 3.99. The van der Waals surface area contributed by atoms with Crippen LogP contribution in [0.5, 0.6) is 23.0 Å². The number of anilines is 1. The van der Waals surface area contributed by atoms with Crippen molar-refractivity contribution in [1.82, 2.24) is 4.90 Å². The van der Waals surface area contributed by atoms with Crippen molar-refractivity contribution in [2.75, 3.05) is 52.9 Å². The van der Waals surface area contributed by atoms with Crippen molar-refractivity contribution in [1.29, 1.82) is 0 Å². The Kier molecular flexibility index (Phi) is 13.4. The highest BCUT2D eigenvalue weighted by Gasteiger charge is 2.13. The lowest BCUT2D eigenvalue weighted by Gasteiger charge is -2.21. The van der Waals surface area contributed by atoms with Crippen LogP contribution in [0.3, 0.4) is 0 Å². The lowest BCUT2D eigenvalue weighted by molar-refractivity contribution is -0.116. The molecule has 0 aliphatic rings. The molecule has 2 aromatic rings. The Morgan fingerprint density at radius 1 is 0.811 bits per heavy atom. The highest BCUT2D eigenvalue weighted by atomic mass is 16.5. The fraction of sp³-hybridized carbons (Fsp3) is 0.500. The number of methoxy groups -OCH3 is 3. The van der Waals surface area contributed by atoms with Crippen LogP contribution in [-0.4, -0.2) is 58.4 Å². The van der Waals surface area contributed by atoms with E-state index in [1.165, 1.54) is 0 Å².